The minimum atomic E-state index is -0.483. The van der Waals surface area contributed by atoms with E-state index in [4.69, 9.17) is 19.4 Å². The number of aryl methyl sites for hydroxylation is 1. The van der Waals surface area contributed by atoms with Crippen LogP contribution in [0.1, 0.15) is 29.9 Å². The molecule has 10 nitrogen and oxygen atoms in total. The molecule has 2 heterocycles. The Balaban J connectivity index is 0.00000129. The van der Waals surface area contributed by atoms with E-state index < -0.39 is 5.92 Å². The summed E-state index contributed by atoms with van der Waals surface area (Å²) in [4.78, 5) is 48.4. The summed E-state index contributed by atoms with van der Waals surface area (Å²) in [6.07, 6.45) is 1.54. The molecule has 10 heteroatoms. The third kappa shape index (κ3) is 7.45. The highest BCUT2D eigenvalue weighted by Crippen LogP contribution is 2.19. The molecule has 1 atom stereocenters. The quantitative estimate of drug-likeness (QED) is 0.605. The first-order chi connectivity index (χ1) is 16.3. The number of amides is 2. The molecule has 3 rings (SSSR count). The second-order valence-corrected chi connectivity index (χ2v) is 8.03. The van der Waals surface area contributed by atoms with Crippen LogP contribution in [0, 0.1) is 5.92 Å². The molecular weight excluding hydrogens is 442 g/mol. The van der Waals surface area contributed by atoms with Crippen LogP contribution in [0.4, 0.5) is 0 Å². The van der Waals surface area contributed by atoms with Gasteiger partial charge in [0.1, 0.15) is 6.61 Å². The Morgan fingerprint density at radius 3 is 2.59 bits per heavy atom. The predicted molar refractivity (Wildman–Crippen MR) is 125 cm³/mol. The lowest BCUT2D eigenvalue weighted by Crippen LogP contribution is -2.44. The van der Waals surface area contributed by atoms with E-state index in [9.17, 15) is 14.4 Å². The maximum Gasteiger partial charge on any atom is 0.290 e. The van der Waals surface area contributed by atoms with Crippen molar-refractivity contribution in [3.8, 4) is 5.75 Å². The first-order valence-electron chi connectivity index (χ1n) is 10.9. The van der Waals surface area contributed by atoms with Crippen LogP contribution in [-0.2, 0) is 28.0 Å². The Bertz CT molecular complexity index is 1020. The molecule has 2 N–H and O–H groups in total. The monoisotopic (exact) mass is 473 g/mol. The topological polar surface area (TPSA) is 127 Å². The number of rotatable bonds is 6. The number of hydrogen-bond acceptors (Lipinski definition) is 6. The van der Waals surface area contributed by atoms with E-state index in [1.807, 2.05) is 44.2 Å². The number of carbonyl (C=O) groups excluding carboxylic acids is 2. The summed E-state index contributed by atoms with van der Waals surface area (Å²) in [6, 6.07) is 10.8. The summed E-state index contributed by atoms with van der Waals surface area (Å²) in [7, 11) is 1.69. The van der Waals surface area contributed by atoms with Gasteiger partial charge in [-0.2, -0.15) is 0 Å². The number of aromatic nitrogens is 1. The van der Waals surface area contributed by atoms with Crippen molar-refractivity contribution in [2.45, 2.75) is 26.5 Å². The molecule has 0 aliphatic carbocycles. The molecule has 0 radical (unpaired) electrons. The molecule has 1 saturated heterocycles. The van der Waals surface area contributed by atoms with Crippen LogP contribution < -0.4 is 15.5 Å². The maximum atomic E-state index is 13.4. The Morgan fingerprint density at radius 2 is 1.94 bits per heavy atom. The molecule has 1 aromatic heterocycles. The van der Waals surface area contributed by atoms with Crippen molar-refractivity contribution in [2.75, 3.05) is 26.3 Å². The lowest BCUT2D eigenvalue weighted by molar-refractivity contribution is -0.127. The van der Waals surface area contributed by atoms with Gasteiger partial charge in [-0.1, -0.05) is 30.3 Å². The van der Waals surface area contributed by atoms with Crippen LogP contribution in [-0.4, -0.2) is 65.2 Å². The standard InChI is InChI=1S/C23H29N3O5.CH2O2/c1-16(2)24-22(28)18-13-26(11-12-30-15-18)23(29)20-21(19(27)9-10-25(20)3)31-14-17-7-5-4-6-8-17;2-1-3/h4-10,16,18H,11-15H2,1-3H3,(H,24,28);1H,(H,2,3). The van der Waals surface area contributed by atoms with E-state index in [1.54, 1.807) is 22.7 Å². The van der Waals surface area contributed by atoms with Gasteiger partial charge in [-0.05, 0) is 19.4 Å². The van der Waals surface area contributed by atoms with Crippen molar-refractivity contribution in [3.05, 3.63) is 64.1 Å². The zero-order valence-electron chi connectivity index (χ0n) is 19.6. The number of benzene rings is 1. The SMILES string of the molecule is CC(C)NC(=O)C1COCCN(C(=O)c2c(OCc3ccccc3)c(=O)ccn2C)C1.O=CO. The van der Waals surface area contributed by atoms with Gasteiger partial charge in [0.05, 0.1) is 19.1 Å². The number of nitrogens with one attached hydrogen (secondary N) is 1. The van der Waals surface area contributed by atoms with E-state index in [0.29, 0.717) is 13.2 Å². The van der Waals surface area contributed by atoms with Gasteiger partial charge in [-0.15, -0.1) is 0 Å². The zero-order valence-corrected chi connectivity index (χ0v) is 19.6. The fourth-order valence-corrected chi connectivity index (χ4v) is 3.43. The molecule has 1 aliphatic heterocycles. The predicted octanol–water partition coefficient (Wildman–Crippen LogP) is 1.28. The molecule has 34 heavy (non-hydrogen) atoms. The number of ether oxygens (including phenoxy) is 2. The molecular formula is C24H31N3O7. The van der Waals surface area contributed by atoms with Crippen LogP contribution in [0.3, 0.4) is 0 Å². The number of carboxylic acid groups (broad SMARTS) is 1. The van der Waals surface area contributed by atoms with Gasteiger partial charge in [-0.3, -0.25) is 19.2 Å². The first kappa shape index (κ1) is 26.6. The molecule has 2 aromatic rings. The lowest BCUT2D eigenvalue weighted by Gasteiger charge is -2.25. The van der Waals surface area contributed by atoms with Gasteiger partial charge in [0, 0.05) is 38.4 Å². The third-order valence-electron chi connectivity index (χ3n) is 5.02. The number of nitrogens with zero attached hydrogens (tertiary/aromatic N) is 2. The van der Waals surface area contributed by atoms with Crippen LogP contribution in [0.25, 0.3) is 0 Å². The molecule has 2 amide bonds. The summed E-state index contributed by atoms with van der Waals surface area (Å²) in [5.74, 6) is -0.996. The molecule has 0 saturated carbocycles. The smallest absolute Gasteiger partial charge is 0.290 e. The van der Waals surface area contributed by atoms with Crippen molar-refractivity contribution in [1.82, 2.24) is 14.8 Å². The van der Waals surface area contributed by atoms with Crippen molar-refractivity contribution in [2.24, 2.45) is 13.0 Å². The largest absolute Gasteiger partial charge is 0.483 e. The summed E-state index contributed by atoms with van der Waals surface area (Å²) in [5, 5.41) is 9.76. The number of pyridine rings is 1. The highest BCUT2D eigenvalue weighted by Gasteiger charge is 2.31. The van der Waals surface area contributed by atoms with E-state index >= 15 is 0 Å². The minimum absolute atomic E-state index is 0.00663. The Hall–Kier alpha value is -3.66. The molecule has 0 bridgehead atoms. The molecule has 1 unspecified atom stereocenters. The normalized spacial score (nSPS) is 15.5. The first-order valence-corrected chi connectivity index (χ1v) is 10.9. The van der Waals surface area contributed by atoms with Crippen molar-refractivity contribution < 1.29 is 29.0 Å². The highest BCUT2D eigenvalue weighted by atomic mass is 16.5. The second-order valence-electron chi connectivity index (χ2n) is 8.03. The molecule has 184 valence electrons. The van der Waals surface area contributed by atoms with Gasteiger partial charge in [-0.25, -0.2) is 0 Å². The summed E-state index contributed by atoms with van der Waals surface area (Å²) < 4.78 is 13.0. The third-order valence-corrected chi connectivity index (χ3v) is 5.02. The van der Waals surface area contributed by atoms with Crippen molar-refractivity contribution in [3.63, 3.8) is 0 Å². The van der Waals surface area contributed by atoms with Crippen LogP contribution in [0.5, 0.6) is 5.75 Å². The van der Waals surface area contributed by atoms with Gasteiger partial charge >= 0.3 is 0 Å². The Labute approximate surface area is 198 Å². The van der Waals surface area contributed by atoms with Gasteiger partial charge in [0.15, 0.2) is 11.4 Å². The van der Waals surface area contributed by atoms with E-state index in [0.717, 1.165) is 5.56 Å². The summed E-state index contributed by atoms with van der Waals surface area (Å²) >= 11 is 0. The van der Waals surface area contributed by atoms with Gasteiger partial charge in [0.25, 0.3) is 12.4 Å². The van der Waals surface area contributed by atoms with Gasteiger partial charge < -0.3 is 29.4 Å². The molecule has 1 aliphatic rings. The Kier molecular flexibility index (Phi) is 10.3. The second kappa shape index (κ2) is 13.1. The molecule has 1 aromatic carbocycles. The van der Waals surface area contributed by atoms with Crippen LogP contribution in [0.15, 0.2) is 47.4 Å². The lowest BCUT2D eigenvalue weighted by atomic mass is 10.1. The maximum absolute atomic E-state index is 13.4. The molecule has 0 spiro atoms. The van der Waals surface area contributed by atoms with Crippen molar-refractivity contribution >= 4 is 18.3 Å². The van der Waals surface area contributed by atoms with E-state index in [2.05, 4.69) is 5.32 Å². The minimum Gasteiger partial charge on any atom is -0.483 e. The average molecular weight is 474 g/mol. The average Bonchev–Trinajstić information content (AvgIpc) is 3.06. The highest BCUT2D eigenvalue weighted by molar-refractivity contribution is 5.95. The number of carbonyl (C=O) groups is 3. The Morgan fingerprint density at radius 1 is 1.26 bits per heavy atom. The zero-order chi connectivity index (χ0) is 25.1. The van der Waals surface area contributed by atoms with Crippen molar-refractivity contribution in [1.29, 1.82) is 0 Å². The fraction of sp³-hybridized carbons (Fsp3) is 0.417. The summed E-state index contributed by atoms with van der Waals surface area (Å²) in [6.45, 7) is 4.78. The van der Waals surface area contributed by atoms with E-state index in [1.165, 1.54) is 6.07 Å². The van der Waals surface area contributed by atoms with Gasteiger partial charge in [0.2, 0.25) is 11.3 Å². The molecule has 1 fully saturated rings. The summed E-state index contributed by atoms with van der Waals surface area (Å²) in [5.41, 5.74) is 0.686. The van der Waals surface area contributed by atoms with Crippen LogP contribution >= 0.6 is 0 Å². The number of hydrogen-bond donors (Lipinski definition) is 2. The van der Waals surface area contributed by atoms with Crippen LogP contribution in [0.2, 0.25) is 0 Å². The van der Waals surface area contributed by atoms with E-state index in [-0.39, 0.29) is 61.0 Å². The fourth-order valence-electron chi connectivity index (χ4n) is 3.43.